The number of benzene rings is 1. The molecule has 26 heavy (non-hydrogen) atoms. The van der Waals surface area contributed by atoms with Crippen LogP contribution >= 0.6 is 0 Å². The zero-order chi connectivity index (χ0) is 18.4. The molecule has 0 radical (unpaired) electrons. The molecule has 1 aliphatic carbocycles. The third-order valence-corrected chi connectivity index (χ3v) is 5.16. The molecule has 0 bridgehead atoms. The van der Waals surface area contributed by atoms with Crippen LogP contribution in [0.5, 0.6) is 0 Å². The number of aryl methyl sites for hydroxylation is 3. The van der Waals surface area contributed by atoms with Crippen molar-refractivity contribution >= 4 is 17.4 Å². The van der Waals surface area contributed by atoms with Gasteiger partial charge in [-0.05, 0) is 49.5 Å². The van der Waals surface area contributed by atoms with Crippen LogP contribution < -0.4 is 0 Å². The Morgan fingerprint density at radius 1 is 1.27 bits per heavy atom. The zero-order valence-electron chi connectivity index (χ0n) is 15.6. The Kier molecular flexibility index (Phi) is 3.87. The smallest absolute Gasteiger partial charge is 0.187 e. The van der Waals surface area contributed by atoms with E-state index in [2.05, 4.69) is 45.8 Å². The molecule has 5 nitrogen and oxygen atoms in total. The van der Waals surface area contributed by atoms with E-state index in [1.54, 1.807) is 0 Å². The van der Waals surface area contributed by atoms with Crippen molar-refractivity contribution in [1.82, 2.24) is 20.0 Å². The normalized spacial score (nSPS) is 13.0. The molecule has 1 aliphatic rings. The van der Waals surface area contributed by atoms with Crippen LogP contribution in [-0.2, 0) is 19.9 Å². The first-order valence-electron chi connectivity index (χ1n) is 8.80. The minimum absolute atomic E-state index is 0.0529. The number of aromatic nitrogens is 4. The monoisotopic (exact) mass is 346 g/mol. The average Bonchev–Trinajstić information content (AvgIpc) is 3.25. The topological polar surface area (TPSA) is 63.6 Å². The predicted molar refractivity (Wildman–Crippen MR) is 102 cm³/mol. The number of carbonyl (C=O) groups is 1. The molecule has 0 saturated carbocycles. The lowest BCUT2D eigenvalue weighted by molar-refractivity contribution is 0.0987. The second kappa shape index (κ2) is 6.09. The van der Waals surface area contributed by atoms with Crippen LogP contribution in [0.25, 0.3) is 11.6 Å². The summed E-state index contributed by atoms with van der Waals surface area (Å²) in [5.74, 6) is 0.0529. The molecule has 2 heterocycles. The lowest BCUT2D eigenvalue weighted by Crippen LogP contribution is -2.06. The highest BCUT2D eigenvalue weighted by Gasteiger charge is 2.19. The van der Waals surface area contributed by atoms with Gasteiger partial charge in [-0.3, -0.25) is 14.6 Å². The molecule has 5 heteroatoms. The van der Waals surface area contributed by atoms with Gasteiger partial charge in [0.05, 0.1) is 5.69 Å². The SMILES string of the molecule is Cc1nn(C)cc1C1=Cc2cc(CC(=O)c3n[nH]c(C)c3C)ccc2C1. The molecule has 1 N–H and O–H groups in total. The van der Waals surface area contributed by atoms with Gasteiger partial charge in [0.1, 0.15) is 5.69 Å². The highest BCUT2D eigenvalue weighted by Crippen LogP contribution is 2.33. The molecule has 4 rings (SSSR count). The van der Waals surface area contributed by atoms with Gasteiger partial charge in [-0.25, -0.2) is 0 Å². The first-order chi connectivity index (χ1) is 12.4. The van der Waals surface area contributed by atoms with E-state index in [4.69, 9.17) is 0 Å². The molecule has 0 spiro atoms. The average molecular weight is 346 g/mol. The van der Waals surface area contributed by atoms with Gasteiger partial charge in [0.25, 0.3) is 0 Å². The Labute approximate surface area is 152 Å². The van der Waals surface area contributed by atoms with Gasteiger partial charge in [-0.2, -0.15) is 10.2 Å². The Morgan fingerprint density at radius 3 is 2.73 bits per heavy atom. The van der Waals surface area contributed by atoms with E-state index in [0.29, 0.717) is 12.1 Å². The van der Waals surface area contributed by atoms with E-state index >= 15 is 0 Å². The fourth-order valence-corrected chi connectivity index (χ4v) is 3.61. The number of hydrogen-bond donors (Lipinski definition) is 1. The summed E-state index contributed by atoms with van der Waals surface area (Å²) in [5, 5.41) is 11.5. The van der Waals surface area contributed by atoms with Crippen molar-refractivity contribution in [2.24, 2.45) is 7.05 Å². The first kappa shape index (κ1) is 16.5. The number of ketones is 1. The molecule has 0 aliphatic heterocycles. The molecule has 2 aromatic heterocycles. The molecule has 0 amide bonds. The van der Waals surface area contributed by atoms with Gasteiger partial charge in [0.2, 0.25) is 0 Å². The van der Waals surface area contributed by atoms with Crippen molar-refractivity contribution in [1.29, 1.82) is 0 Å². The minimum atomic E-state index is 0.0529. The van der Waals surface area contributed by atoms with E-state index < -0.39 is 0 Å². The summed E-state index contributed by atoms with van der Waals surface area (Å²) in [4.78, 5) is 12.6. The van der Waals surface area contributed by atoms with Gasteiger partial charge in [0, 0.05) is 36.5 Å². The maximum atomic E-state index is 12.6. The standard InChI is InChI=1S/C21H22N4O/c1-12-13(2)22-23-21(12)20(26)8-15-5-6-16-9-18(10-17(16)7-15)19-11-25(4)24-14(19)3/h5-7,10-11H,8-9H2,1-4H3,(H,22,23). The van der Waals surface area contributed by atoms with E-state index in [1.165, 1.54) is 22.3 Å². The van der Waals surface area contributed by atoms with Gasteiger partial charge in [-0.15, -0.1) is 0 Å². The van der Waals surface area contributed by atoms with Gasteiger partial charge in [0.15, 0.2) is 5.78 Å². The van der Waals surface area contributed by atoms with Crippen LogP contribution in [0.15, 0.2) is 24.4 Å². The molecule has 0 saturated heterocycles. The molecule has 0 atom stereocenters. The van der Waals surface area contributed by atoms with Crippen molar-refractivity contribution in [3.8, 4) is 0 Å². The van der Waals surface area contributed by atoms with E-state index in [1.807, 2.05) is 32.5 Å². The maximum Gasteiger partial charge on any atom is 0.187 e. The van der Waals surface area contributed by atoms with E-state index in [9.17, 15) is 4.79 Å². The van der Waals surface area contributed by atoms with Crippen LogP contribution in [-0.4, -0.2) is 25.8 Å². The fourth-order valence-electron chi connectivity index (χ4n) is 3.61. The number of aromatic amines is 1. The van der Waals surface area contributed by atoms with Crippen LogP contribution in [0.2, 0.25) is 0 Å². The third kappa shape index (κ3) is 2.79. The van der Waals surface area contributed by atoms with Crippen LogP contribution in [0.4, 0.5) is 0 Å². The largest absolute Gasteiger partial charge is 0.292 e. The molecular formula is C21H22N4O. The quantitative estimate of drug-likeness (QED) is 0.734. The lowest BCUT2D eigenvalue weighted by Gasteiger charge is -2.04. The Hall–Kier alpha value is -2.95. The highest BCUT2D eigenvalue weighted by atomic mass is 16.1. The molecule has 0 fully saturated rings. The van der Waals surface area contributed by atoms with Crippen LogP contribution in [0.3, 0.4) is 0 Å². The number of nitrogens with zero attached hydrogens (tertiary/aromatic N) is 3. The van der Waals surface area contributed by atoms with Crippen molar-refractivity contribution in [2.45, 2.75) is 33.6 Å². The number of carbonyl (C=O) groups excluding carboxylic acids is 1. The van der Waals surface area contributed by atoms with Gasteiger partial charge < -0.3 is 0 Å². The van der Waals surface area contributed by atoms with Crippen molar-refractivity contribution in [3.63, 3.8) is 0 Å². The van der Waals surface area contributed by atoms with Crippen LogP contribution in [0.1, 0.15) is 49.7 Å². The first-order valence-corrected chi connectivity index (χ1v) is 8.80. The number of fused-ring (bicyclic) bond motifs is 1. The van der Waals surface area contributed by atoms with E-state index in [0.717, 1.165) is 28.9 Å². The molecule has 1 aromatic carbocycles. The Morgan fingerprint density at radius 2 is 2.08 bits per heavy atom. The Balaban J connectivity index is 1.59. The second-order valence-electron chi connectivity index (χ2n) is 7.10. The number of H-pyrrole nitrogens is 1. The summed E-state index contributed by atoms with van der Waals surface area (Å²) in [6, 6.07) is 6.31. The molecule has 3 aromatic rings. The van der Waals surface area contributed by atoms with Crippen molar-refractivity contribution < 1.29 is 4.79 Å². The van der Waals surface area contributed by atoms with Gasteiger partial charge >= 0.3 is 0 Å². The minimum Gasteiger partial charge on any atom is -0.292 e. The van der Waals surface area contributed by atoms with Crippen molar-refractivity contribution in [2.75, 3.05) is 0 Å². The third-order valence-electron chi connectivity index (χ3n) is 5.16. The Bertz CT molecular complexity index is 1050. The highest BCUT2D eigenvalue weighted by molar-refractivity contribution is 5.97. The van der Waals surface area contributed by atoms with Crippen molar-refractivity contribution in [3.05, 3.63) is 69.3 Å². The summed E-state index contributed by atoms with van der Waals surface area (Å²) in [5.41, 5.74) is 9.48. The predicted octanol–water partition coefficient (Wildman–Crippen LogP) is 3.59. The summed E-state index contributed by atoms with van der Waals surface area (Å²) < 4.78 is 1.85. The summed E-state index contributed by atoms with van der Waals surface area (Å²) >= 11 is 0. The fraction of sp³-hybridized carbons (Fsp3) is 0.286. The number of hydrogen-bond acceptors (Lipinski definition) is 3. The number of nitrogens with one attached hydrogen (secondary N) is 1. The summed E-state index contributed by atoms with van der Waals surface area (Å²) in [6.45, 7) is 5.90. The zero-order valence-corrected chi connectivity index (χ0v) is 15.6. The second-order valence-corrected chi connectivity index (χ2v) is 7.10. The summed E-state index contributed by atoms with van der Waals surface area (Å²) in [7, 11) is 1.95. The lowest BCUT2D eigenvalue weighted by atomic mass is 10.00. The number of allylic oxidation sites excluding steroid dienone is 1. The number of Topliss-reactive ketones (excluding diaryl/α,β-unsaturated/α-hetero) is 1. The summed E-state index contributed by atoms with van der Waals surface area (Å²) in [6.07, 6.45) is 5.57. The molecular weight excluding hydrogens is 324 g/mol. The number of rotatable bonds is 4. The van der Waals surface area contributed by atoms with Gasteiger partial charge in [-0.1, -0.05) is 24.3 Å². The molecule has 0 unspecified atom stereocenters. The maximum absolute atomic E-state index is 12.6. The van der Waals surface area contributed by atoms with E-state index in [-0.39, 0.29) is 5.78 Å². The van der Waals surface area contributed by atoms with Crippen LogP contribution in [0, 0.1) is 20.8 Å². The molecule has 132 valence electrons.